The van der Waals surface area contributed by atoms with Crippen molar-refractivity contribution in [2.24, 2.45) is 0 Å². The highest BCUT2D eigenvalue weighted by Gasteiger charge is 2.24. The molecule has 5 rings (SSSR count). The minimum absolute atomic E-state index is 0.147. The van der Waals surface area contributed by atoms with Gasteiger partial charge in [-0.25, -0.2) is 17.4 Å². The van der Waals surface area contributed by atoms with E-state index in [0.29, 0.717) is 43.1 Å². The van der Waals surface area contributed by atoms with E-state index in [0.717, 1.165) is 11.3 Å². The smallest absolute Gasteiger partial charge is 0.267 e. The van der Waals surface area contributed by atoms with Crippen LogP contribution in [-0.2, 0) is 29.5 Å². The first-order valence-corrected chi connectivity index (χ1v) is 11.8. The SMILES string of the molecule is O=c1[nH]c(-c2ccccc2)nc2c1CN(Cc1cccn1S(=O)(=O)c1ccccc1)CC2. The first-order valence-electron chi connectivity index (χ1n) is 10.4. The Morgan fingerprint density at radius 2 is 1.66 bits per heavy atom. The summed E-state index contributed by atoms with van der Waals surface area (Å²) in [6, 6.07) is 21.5. The van der Waals surface area contributed by atoms with Crippen LogP contribution in [0.1, 0.15) is 17.0 Å². The number of hydrogen-bond donors (Lipinski definition) is 1. The topological polar surface area (TPSA) is 88.1 Å². The zero-order valence-electron chi connectivity index (χ0n) is 17.3. The molecule has 1 aliphatic rings. The molecular formula is C24H22N4O3S. The number of aromatic nitrogens is 3. The van der Waals surface area contributed by atoms with Gasteiger partial charge in [-0.2, -0.15) is 0 Å². The molecule has 0 fully saturated rings. The molecular weight excluding hydrogens is 424 g/mol. The van der Waals surface area contributed by atoms with Gasteiger partial charge in [0.2, 0.25) is 0 Å². The van der Waals surface area contributed by atoms with Crippen molar-refractivity contribution in [2.75, 3.05) is 6.54 Å². The second kappa shape index (κ2) is 8.22. The Balaban J connectivity index is 1.40. The highest BCUT2D eigenvalue weighted by atomic mass is 32.2. The number of hydrogen-bond acceptors (Lipinski definition) is 5. The molecule has 2 aromatic carbocycles. The Labute approximate surface area is 186 Å². The molecule has 0 radical (unpaired) electrons. The van der Waals surface area contributed by atoms with Crippen molar-refractivity contribution in [3.05, 3.63) is 106 Å². The van der Waals surface area contributed by atoms with Gasteiger partial charge < -0.3 is 4.98 Å². The van der Waals surface area contributed by atoms with Gasteiger partial charge in [-0.3, -0.25) is 9.69 Å². The molecule has 32 heavy (non-hydrogen) atoms. The highest BCUT2D eigenvalue weighted by molar-refractivity contribution is 7.90. The normalized spacial score (nSPS) is 14.2. The van der Waals surface area contributed by atoms with Crippen LogP contribution < -0.4 is 5.56 Å². The number of nitrogens with zero attached hydrogens (tertiary/aromatic N) is 3. The lowest BCUT2D eigenvalue weighted by Crippen LogP contribution is -2.36. The summed E-state index contributed by atoms with van der Waals surface area (Å²) in [4.78, 5) is 22.7. The standard InChI is InChI=1S/C24H22N4O3S/c29-24-21-17-27(15-13-22(21)25-23(26-24)18-8-3-1-4-9-18)16-19-10-7-14-28(19)32(30,31)20-11-5-2-6-12-20/h1-12,14H,13,15-17H2,(H,25,26,29). The molecule has 4 aromatic rings. The van der Waals surface area contributed by atoms with Crippen LogP contribution in [0.5, 0.6) is 0 Å². The minimum Gasteiger partial charge on any atom is -0.306 e. The first kappa shape index (κ1) is 20.4. The van der Waals surface area contributed by atoms with Crippen molar-refractivity contribution >= 4 is 10.0 Å². The van der Waals surface area contributed by atoms with Crippen molar-refractivity contribution in [1.29, 1.82) is 0 Å². The van der Waals surface area contributed by atoms with Crippen molar-refractivity contribution in [1.82, 2.24) is 18.8 Å². The lowest BCUT2D eigenvalue weighted by molar-refractivity contribution is 0.238. The van der Waals surface area contributed by atoms with Gasteiger partial charge in [0.1, 0.15) is 5.82 Å². The summed E-state index contributed by atoms with van der Waals surface area (Å²) in [6.45, 7) is 1.52. The Kier molecular flexibility index (Phi) is 5.24. The number of fused-ring (bicyclic) bond motifs is 1. The van der Waals surface area contributed by atoms with Crippen molar-refractivity contribution in [2.45, 2.75) is 24.4 Å². The summed E-state index contributed by atoms with van der Waals surface area (Å²) < 4.78 is 27.4. The molecule has 0 amide bonds. The molecule has 7 nitrogen and oxygen atoms in total. The predicted molar refractivity (Wildman–Crippen MR) is 122 cm³/mol. The first-order chi connectivity index (χ1) is 15.5. The van der Waals surface area contributed by atoms with Crippen LogP contribution in [0, 0.1) is 0 Å². The summed E-state index contributed by atoms with van der Waals surface area (Å²) in [6.07, 6.45) is 2.20. The summed E-state index contributed by atoms with van der Waals surface area (Å²) in [7, 11) is -3.67. The van der Waals surface area contributed by atoms with E-state index < -0.39 is 10.0 Å². The van der Waals surface area contributed by atoms with E-state index in [4.69, 9.17) is 0 Å². The van der Waals surface area contributed by atoms with Gasteiger partial charge in [0.15, 0.2) is 0 Å². The van der Waals surface area contributed by atoms with E-state index in [2.05, 4.69) is 14.9 Å². The molecule has 162 valence electrons. The maximum absolute atomic E-state index is 13.1. The minimum atomic E-state index is -3.67. The van der Waals surface area contributed by atoms with Crippen molar-refractivity contribution < 1.29 is 8.42 Å². The molecule has 0 atom stereocenters. The number of rotatable bonds is 5. The Morgan fingerprint density at radius 3 is 2.41 bits per heavy atom. The van der Waals surface area contributed by atoms with Crippen LogP contribution in [0.25, 0.3) is 11.4 Å². The van der Waals surface area contributed by atoms with Gasteiger partial charge in [-0.15, -0.1) is 0 Å². The molecule has 0 saturated heterocycles. The number of aromatic amines is 1. The largest absolute Gasteiger partial charge is 0.306 e. The zero-order valence-corrected chi connectivity index (χ0v) is 18.1. The molecule has 1 aliphatic heterocycles. The molecule has 3 heterocycles. The van der Waals surface area contributed by atoms with Crippen LogP contribution in [-0.4, -0.2) is 33.8 Å². The third kappa shape index (κ3) is 3.79. The van der Waals surface area contributed by atoms with Gasteiger partial charge in [0.25, 0.3) is 15.6 Å². The number of nitrogens with one attached hydrogen (secondary N) is 1. The lowest BCUT2D eigenvalue weighted by Gasteiger charge is -2.28. The third-order valence-corrected chi connectivity index (χ3v) is 7.42. The average molecular weight is 447 g/mol. The number of benzene rings is 2. The molecule has 2 aromatic heterocycles. The monoisotopic (exact) mass is 446 g/mol. The molecule has 0 bridgehead atoms. The van der Waals surface area contributed by atoms with Gasteiger partial charge in [0.05, 0.1) is 16.2 Å². The second-order valence-electron chi connectivity index (χ2n) is 7.78. The van der Waals surface area contributed by atoms with Gasteiger partial charge in [-0.05, 0) is 24.3 Å². The van der Waals surface area contributed by atoms with Crippen molar-refractivity contribution in [3.63, 3.8) is 0 Å². The van der Waals surface area contributed by atoms with E-state index in [1.165, 1.54) is 3.97 Å². The summed E-state index contributed by atoms with van der Waals surface area (Å²) >= 11 is 0. The summed E-state index contributed by atoms with van der Waals surface area (Å²) in [5.41, 5.74) is 2.82. The Hall–Kier alpha value is -3.49. The third-order valence-electron chi connectivity index (χ3n) is 5.67. The van der Waals surface area contributed by atoms with Crippen LogP contribution in [0.3, 0.4) is 0 Å². The Morgan fingerprint density at radius 1 is 0.938 bits per heavy atom. The molecule has 0 saturated carbocycles. The fourth-order valence-electron chi connectivity index (χ4n) is 4.04. The quantitative estimate of drug-likeness (QED) is 0.509. The summed E-state index contributed by atoms with van der Waals surface area (Å²) in [5.74, 6) is 0.575. The van der Waals surface area contributed by atoms with Crippen molar-refractivity contribution in [3.8, 4) is 11.4 Å². The second-order valence-corrected chi connectivity index (χ2v) is 9.59. The van der Waals surface area contributed by atoms with Crippen LogP contribution in [0.15, 0.2) is 88.7 Å². The van der Waals surface area contributed by atoms with E-state index >= 15 is 0 Å². The maximum Gasteiger partial charge on any atom is 0.267 e. The average Bonchev–Trinajstić information content (AvgIpc) is 3.29. The highest BCUT2D eigenvalue weighted by Crippen LogP contribution is 2.22. The van der Waals surface area contributed by atoms with Gasteiger partial charge >= 0.3 is 0 Å². The molecule has 0 unspecified atom stereocenters. The van der Waals surface area contributed by atoms with Crippen LogP contribution in [0.2, 0.25) is 0 Å². The van der Waals surface area contributed by atoms with E-state index in [-0.39, 0.29) is 10.5 Å². The summed E-state index contributed by atoms with van der Waals surface area (Å²) in [5, 5.41) is 0. The zero-order chi connectivity index (χ0) is 22.1. The van der Waals surface area contributed by atoms with E-state index in [9.17, 15) is 13.2 Å². The number of H-pyrrole nitrogens is 1. The Bertz CT molecular complexity index is 1410. The van der Waals surface area contributed by atoms with Gasteiger partial charge in [-0.1, -0.05) is 48.5 Å². The predicted octanol–water partition coefficient (Wildman–Crippen LogP) is 3.03. The van der Waals surface area contributed by atoms with Gasteiger partial charge in [0, 0.05) is 43.5 Å². The van der Waals surface area contributed by atoms with E-state index in [1.807, 2.05) is 30.3 Å². The van der Waals surface area contributed by atoms with Crippen LogP contribution >= 0.6 is 0 Å². The lowest BCUT2D eigenvalue weighted by atomic mass is 10.1. The van der Waals surface area contributed by atoms with Crippen LogP contribution in [0.4, 0.5) is 0 Å². The molecule has 0 aliphatic carbocycles. The fourth-order valence-corrected chi connectivity index (χ4v) is 5.43. The molecule has 0 spiro atoms. The van der Waals surface area contributed by atoms with E-state index in [1.54, 1.807) is 48.7 Å². The maximum atomic E-state index is 13.1. The molecule has 1 N–H and O–H groups in total. The molecule has 8 heteroatoms. The fraction of sp³-hybridized carbons (Fsp3) is 0.167.